The Bertz CT molecular complexity index is 563. The highest BCUT2D eigenvalue weighted by Crippen LogP contribution is 2.22. The minimum atomic E-state index is -4.43. The van der Waals surface area contributed by atoms with Gasteiger partial charge in [0.1, 0.15) is 6.61 Å². The van der Waals surface area contributed by atoms with Gasteiger partial charge < -0.3 is 10.5 Å². The average molecular weight is 377 g/mol. The molecule has 0 atom stereocenters. The van der Waals surface area contributed by atoms with Gasteiger partial charge in [0.25, 0.3) is 0 Å². The fourth-order valence-electron chi connectivity index (χ4n) is 1.21. The number of ether oxygens (including phenoxy) is 1. The van der Waals surface area contributed by atoms with Gasteiger partial charge in [-0.3, -0.25) is 0 Å². The molecule has 0 saturated carbocycles. The van der Waals surface area contributed by atoms with Crippen LogP contribution in [0.25, 0.3) is 0 Å². The van der Waals surface area contributed by atoms with E-state index >= 15 is 0 Å². The van der Waals surface area contributed by atoms with Crippen LogP contribution in [0.3, 0.4) is 0 Å². The molecule has 114 valence electrons. The lowest BCUT2D eigenvalue weighted by Crippen LogP contribution is -2.29. The summed E-state index contributed by atoms with van der Waals surface area (Å²) < 4.78 is 65.9. The predicted octanol–water partition coefficient (Wildman–Crippen LogP) is 1.89. The number of rotatable bonds is 6. The summed E-state index contributed by atoms with van der Waals surface area (Å²) >= 11 is 3.12. The number of halogens is 4. The lowest BCUT2D eigenvalue weighted by atomic mass is 10.3. The van der Waals surface area contributed by atoms with E-state index < -0.39 is 22.8 Å². The first kappa shape index (κ1) is 17.2. The van der Waals surface area contributed by atoms with E-state index in [4.69, 9.17) is 5.73 Å². The Labute approximate surface area is 122 Å². The molecular weight excluding hydrogens is 365 g/mol. The maximum absolute atomic E-state index is 11.8. The normalized spacial score (nSPS) is 12.6. The molecule has 1 aromatic carbocycles. The SMILES string of the molecule is Nc1cc(S(=O)(=O)NCCOCC(F)(F)F)ccc1Br. The number of hydrogen-bond acceptors (Lipinski definition) is 4. The Balaban J connectivity index is 2.52. The van der Waals surface area contributed by atoms with Gasteiger partial charge in [-0.2, -0.15) is 13.2 Å². The van der Waals surface area contributed by atoms with Gasteiger partial charge in [0.2, 0.25) is 10.0 Å². The lowest BCUT2D eigenvalue weighted by Gasteiger charge is -2.09. The Morgan fingerprint density at radius 3 is 2.55 bits per heavy atom. The number of anilines is 1. The first-order valence-corrected chi connectivity index (χ1v) is 7.58. The molecule has 0 unspecified atom stereocenters. The second-order valence-electron chi connectivity index (χ2n) is 3.75. The third-order valence-corrected chi connectivity index (χ3v) is 4.26. The summed E-state index contributed by atoms with van der Waals surface area (Å²) in [5.74, 6) is 0. The van der Waals surface area contributed by atoms with Crippen LogP contribution in [0.4, 0.5) is 18.9 Å². The van der Waals surface area contributed by atoms with Gasteiger partial charge in [-0.1, -0.05) is 0 Å². The predicted molar refractivity (Wildman–Crippen MR) is 70.6 cm³/mol. The number of nitrogens with two attached hydrogens (primary N) is 1. The van der Waals surface area contributed by atoms with Crippen molar-refractivity contribution >= 4 is 31.6 Å². The monoisotopic (exact) mass is 376 g/mol. The highest BCUT2D eigenvalue weighted by Gasteiger charge is 2.27. The number of sulfonamides is 1. The number of nitrogen functional groups attached to an aromatic ring is 1. The third-order valence-electron chi connectivity index (χ3n) is 2.08. The van der Waals surface area contributed by atoms with Crippen LogP contribution >= 0.6 is 15.9 Å². The quantitative estimate of drug-likeness (QED) is 0.586. The van der Waals surface area contributed by atoms with Crippen molar-refractivity contribution < 1.29 is 26.3 Å². The zero-order valence-corrected chi connectivity index (χ0v) is 12.5. The van der Waals surface area contributed by atoms with E-state index in [-0.39, 0.29) is 23.7 Å². The molecule has 0 radical (unpaired) electrons. The second kappa shape index (κ2) is 6.74. The van der Waals surface area contributed by atoms with Gasteiger partial charge in [0, 0.05) is 16.7 Å². The molecule has 1 aromatic rings. The molecule has 0 aliphatic rings. The highest BCUT2D eigenvalue weighted by molar-refractivity contribution is 9.10. The molecule has 1 rings (SSSR count). The summed E-state index contributed by atoms with van der Waals surface area (Å²) in [6, 6.07) is 4.02. The van der Waals surface area contributed by atoms with Crippen LogP contribution < -0.4 is 10.5 Å². The van der Waals surface area contributed by atoms with Crippen LogP contribution in [0.1, 0.15) is 0 Å². The Morgan fingerprint density at radius 2 is 2.00 bits per heavy atom. The molecule has 0 spiro atoms. The summed E-state index contributed by atoms with van der Waals surface area (Å²) in [6.45, 7) is -2.07. The van der Waals surface area contributed by atoms with Crippen molar-refractivity contribution in [3.63, 3.8) is 0 Å². The molecule has 3 N–H and O–H groups in total. The summed E-state index contributed by atoms with van der Waals surface area (Å²) in [7, 11) is -3.83. The van der Waals surface area contributed by atoms with Crippen molar-refractivity contribution in [1.29, 1.82) is 0 Å². The summed E-state index contributed by atoms with van der Waals surface area (Å²) in [6.07, 6.45) is -4.43. The number of alkyl halides is 3. The van der Waals surface area contributed by atoms with E-state index in [0.29, 0.717) is 4.47 Å². The van der Waals surface area contributed by atoms with Gasteiger partial charge in [-0.05, 0) is 34.1 Å². The van der Waals surface area contributed by atoms with E-state index in [1.807, 2.05) is 0 Å². The van der Waals surface area contributed by atoms with E-state index in [9.17, 15) is 21.6 Å². The average Bonchev–Trinajstić information content (AvgIpc) is 2.30. The minimum absolute atomic E-state index is 0.0750. The van der Waals surface area contributed by atoms with Gasteiger partial charge in [0.15, 0.2) is 0 Å². The van der Waals surface area contributed by atoms with Crippen LogP contribution in [-0.4, -0.2) is 34.4 Å². The van der Waals surface area contributed by atoms with Crippen LogP contribution in [0, 0.1) is 0 Å². The molecule has 10 heteroatoms. The first-order chi connectivity index (χ1) is 9.12. The molecule has 0 aliphatic carbocycles. The fourth-order valence-corrected chi connectivity index (χ4v) is 2.50. The number of nitrogens with one attached hydrogen (secondary N) is 1. The Kier molecular flexibility index (Phi) is 5.80. The van der Waals surface area contributed by atoms with Crippen molar-refractivity contribution in [2.75, 3.05) is 25.5 Å². The van der Waals surface area contributed by atoms with Crippen molar-refractivity contribution in [1.82, 2.24) is 4.72 Å². The minimum Gasteiger partial charge on any atom is -0.398 e. The smallest absolute Gasteiger partial charge is 0.398 e. The van der Waals surface area contributed by atoms with Crippen molar-refractivity contribution in [2.45, 2.75) is 11.1 Å². The largest absolute Gasteiger partial charge is 0.411 e. The molecular formula is C10H12BrF3N2O3S. The fraction of sp³-hybridized carbons (Fsp3) is 0.400. The number of benzene rings is 1. The molecule has 0 fully saturated rings. The van der Waals surface area contributed by atoms with Gasteiger partial charge in [-0.25, -0.2) is 13.1 Å². The van der Waals surface area contributed by atoms with Gasteiger partial charge in [-0.15, -0.1) is 0 Å². The second-order valence-corrected chi connectivity index (χ2v) is 6.37. The Morgan fingerprint density at radius 1 is 1.35 bits per heavy atom. The topological polar surface area (TPSA) is 81.4 Å². The first-order valence-electron chi connectivity index (χ1n) is 5.31. The lowest BCUT2D eigenvalue weighted by molar-refractivity contribution is -0.173. The molecule has 0 amide bonds. The summed E-state index contributed by atoms with van der Waals surface area (Å²) in [5.41, 5.74) is 5.79. The van der Waals surface area contributed by atoms with E-state index in [2.05, 4.69) is 25.4 Å². The zero-order chi connectivity index (χ0) is 15.4. The molecule has 5 nitrogen and oxygen atoms in total. The van der Waals surface area contributed by atoms with E-state index in [1.54, 1.807) is 0 Å². The molecule has 0 heterocycles. The van der Waals surface area contributed by atoms with E-state index in [1.165, 1.54) is 18.2 Å². The molecule has 20 heavy (non-hydrogen) atoms. The third kappa shape index (κ3) is 5.65. The highest BCUT2D eigenvalue weighted by atomic mass is 79.9. The molecule has 0 bridgehead atoms. The van der Waals surface area contributed by atoms with Crippen LogP contribution in [0.5, 0.6) is 0 Å². The zero-order valence-electron chi connectivity index (χ0n) is 10.1. The summed E-state index contributed by atoms with van der Waals surface area (Å²) in [5, 5.41) is 0. The van der Waals surface area contributed by atoms with Crippen molar-refractivity contribution in [3.05, 3.63) is 22.7 Å². The molecule has 0 aromatic heterocycles. The van der Waals surface area contributed by atoms with Crippen LogP contribution in [0.15, 0.2) is 27.6 Å². The maximum Gasteiger partial charge on any atom is 0.411 e. The molecule has 0 aliphatic heterocycles. The standard InChI is InChI=1S/C10H12BrF3N2O3S/c11-8-2-1-7(5-9(8)15)20(17,18)16-3-4-19-6-10(12,13)14/h1-2,5,16H,3-4,6,15H2. The maximum atomic E-state index is 11.8. The van der Waals surface area contributed by atoms with Crippen molar-refractivity contribution in [2.24, 2.45) is 0 Å². The van der Waals surface area contributed by atoms with Crippen LogP contribution in [-0.2, 0) is 14.8 Å². The van der Waals surface area contributed by atoms with Gasteiger partial charge >= 0.3 is 6.18 Å². The summed E-state index contributed by atoms with van der Waals surface area (Å²) in [4.78, 5) is -0.0750. The van der Waals surface area contributed by atoms with Crippen LogP contribution in [0.2, 0.25) is 0 Å². The van der Waals surface area contributed by atoms with Crippen molar-refractivity contribution in [3.8, 4) is 0 Å². The van der Waals surface area contributed by atoms with E-state index in [0.717, 1.165) is 0 Å². The van der Waals surface area contributed by atoms with Gasteiger partial charge in [0.05, 0.1) is 11.5 Å². The number of hydrogen-bond donors (Lipinski definition) is 2. The Hall–Kier alpha value is -0.840. The molecule has 0 saturated heterocycles.